The fourth-order valence-corrected chi connectivity index (χ4v) is 2.32. The lowest BCUT2D eigenvalue weighted by molar-refractivity contribution is -0.385. The summed E-state index contributed by atoms with van der Waals surface area (Å²) in [6.07, 6.45) is 0. The molecule has 1 aromatic carbocycles. The number of rotatable bonds is 3. The largest absolute Gasteiger partial charge is 0.324 e. The van der Waals surface area contributed by atoms with Gasteiger partial charge < -0.3 is 11.5 Å². The van der Waals surface area contributed by atoms with E-state index >= 15 is 0 Å². The molecule has 0 saturated heterocycles. The van der Waals surface area contributed by atoms with Crippen molar-refractivity contribution in [2.75, 3.05) is 0 Å². The molecule has 0 bridgehead atoms. The maximum absolute atomic E-state index is 11.3. The standard InChI is InChI=1S/C13H15ClN4O2/c1-13(2,16)11(15)9-7-5-3-4-6-8(7)17-12(14)10(9)18(19)20/h3-6,11H,15-16H2,1-2H3. The molecule has 0 aliphatic carbocycles. The predicted octanol–water partition coefficient (Wildman–Crippen LogP) is 2.53. The van der Waals surface area contributed by atoms with Gasteiger partial charge in [-0.05, 0) is 19.9 Å². The van der Waals surface area contributed by atoms with Crippen molar-refractivity contribution in [3.63, 3.8) is 0 Å². The van der Waals surface area contributed by atoms with Gasteiger partial charge in [0.25, 0.3) is 0 Å². The van der Waals surface area contributed by atoms with Gasteiger partial charge in [0.05, 0.1) is 22.0 Å². The Bertz CT molecular complexity index is 682. The molecule has 2 rings (SSSR count). The number of hydrogen-bond acceptors (Lipinski definition) is 5. The molecule has 1 heterocycles. The van der Waals surface area contributed by atoms with Gasteiger partial charge in [-0.3, -0.25) is 10.1 Å². The van der Waals surface area contributed by atoms with Crippen LogP contribution in [0.25, 0.3) is 10.9 Å². The highest BCUT2D eigenvalue weighted by molar-refractivity contribution is 6.32. The summed E-state index contributed by atoms with van der Waals surface area (Å²) in [6.45, 7) is 3.43. The van der Waals surface area contributed by atoms with Crippen LogP contribution < -0.4 is 11.5 Å². The minimum Gasteiger partial charge on any atom is -0.324 e. The number of nitrogens with two attached hydrogens (primary N) is 2. The van der Waals surface area contributed by atoms with Crippen LogP contribution in [0.1, 0.15) is 25.5 Å². The summed E-state index contributed by atoms with van der Waals surface area (Å²) in [5.74, 6) is 0. The third kappa shape index (κ3) is 2.45. The van der Waals surface area contributed by atoms with E-state index in [0.29, 0.717) is 16.5 Å². The predicted molar refractivity (Wildman–Crippen MR) is 78.6 cm³/mol. The summed E-state index contributed by atoms with van der Waals surface area (Å²) in [5, 5.41) is 11.7. The van der Waals surface area contributed by atoms with Crippen LogP contribution in [0.3, 0.4) is 0 Å². The highest BCUT2D eigenvalue weighted by atomic mass is 35.5. The van der Waals surface area contributed by atoms with Crippen molar-refractivity contribution in [3.8, 4) is 0 Å². The highest BCUT2D eigenvalue weighted by Crippen LogP contribution is 2.38. The molecule has 0 aliphatic heterocycles. The molecule has 20 heavy (non-hydrogen) atoms. The number of hydrogen-bond donors (Lipinski definition) is 2. The van der Waals surface area contributed by atoms with Gasteiger partial charge in [0.1, 0.15) is 0 Å². The number of nitro groups is 1. The summed E-state index contributed by atoms with van der Waals surface area (Å²) in [6, 6.07) is 6.26. The molecule has 7 heteroatoms. The van der Waals surface area contributed by atoms with Gasteiger partial charge in [-0.25, -0.2) is 4.98 Å². The molecular weight excluding hydrogens is 280 g/mol. The summed E-state index contributed by atoms with van der Waals surface area (Å²) in [5.41, 5.74) is 11.9. The smallest absolute Gasteiger partial charge is 0.311 e. The van der Waals surface area contributed by atoms with Gasteiger partial charge in [-0.2, -0.15) is 0 Å². The maximum Gasteiger partial charge on any atom is 0.311 e. The molecule has 1 unspecified atom stereocenters. The Morgan fingerprint density at radius 1 is 1.40 bits per heavy atom. The molecule has 0 saturated carbocycles. The third-order valence-electron chi connectivity index (χ3n) is 3.16. The van der Waals surface area contributed by atoms with Crippen molar-refractivity contribution in [2.45, 2.75) is 25.4 Å². The van der Waals surface area contributed by atoms with Crippen molar-refractivity contribution >= 4 is 28.2 Å². The Balaban J connectivity index is 2.90. The highest BCUT2D eigenvalue weighted by Gasteiger charge is 2.33. The quantitative estimate of drug-likeness (QED) is 0.514. The Morgan fingerprint density at radius 3 is 2.55 bits per heavy atom. The van der Waals surface area contributed by atoms with Crippen LogP contribution in [0.4, 0.5) is 5.69 Å². The average Bonchev–Trinajstić information content (AvgIpc) is 2.34. The van der Waals surface area contributed by atoms with Gasteiger partial charge >= 0.3 is 5.69 Å². The SMILES string of the molecule is CC(C)(N)C(N)c1c([N+](=O)[O-])c(Cl)nc2ccccc12. The number of nitrogens with zero attached hydrogens (tertiary/aromatic N) is 2. The van der Waals surface area contributed by atoms with E-state index in [1.54, 1.807) is 38.1 Å². The van der Waals surface area contributed by atoms with E-state index in [9.17, 15) is 10.1 Å². The maximum atomic E-state index is 11.3. The number of para-hydroxylation sites is 1. The van der Waals surface area contributed by atoms with Crippen molar-refractivity contribution < 1.29 is 4.92 Å². The molecule has 0 amide bonds. The van der Waals surface area contributed by atoms with Crippen molar-refractivity contribution in [2.24, 2.45) is 11.5 Å². The lowest BCUT2D eigenvalue weighted by Gasteiger charge is -2.28. The van der Waals surface area contributed by atoms with Gasteiger partial charge in [0.15, 0.2) is 0 Å². The number of pyridine rings is 1. The fourth-order valence-electron chi connectivity index (χ4n) is 2.06. The molecule has 0 fully saturated rings. The second-order valence-corrected chi connectivity index (χ2v) is 5.60. The van der Waals surface area contributed by atoms with Crippen molar-refractivity contribution in [1.29, 1.82) is 0 Å². The first-order valence-corrected chi connectivity index (χ1v) is 6.38. The van der Waals surface area contributed by atoms with E-state index in [2.05, 4.69) is 4.98 Å². The monoisotopic (exact) mass is 294 g/mol. The second-order valence-electron chi connectivity index (χ2n) is 5.24. The molecule has 0 radical (unpaired) electrons. The topological polar surface area (TPSA) is 108 Å². The van der Waals surface area contributed by atoms with E-state index in [0.717, 1.165) is 0 Å². The molecule has 106 valence electrons. The molecule has 1 aromatic heterocycles. The number of benzene rings is 1. The van der Waals surface area contributed by atoms with Crippen LogP contribution in [-0.2, 0) is 0 Å². The molecule has 2 aromatic rings. The van der Waals surface area contributed by atoms with E-state index in [4.69, 9.17) is 23.1 Å². The summed E-state index contributed by atoms with van der Waals surface area (Å²) in [4.78, 5) is 14.8. The molecular formula is C13H15ClN4O2. The summed E-state index contributed by atoms with van der Waals surface area (Å²) < 4.78 is 0. The number of halogens is 1. The van der Waals surface area contributed by atoms with Gasteiger partial charge in [0.2, 0.25) is 5.15 Å². The molecule has 6 nitrogen and oxygen atoms in total. The Hall–Kier alpha value is -1.76. The van der Waals surface area contributed by atoms with Gasteiger partial charge in [-0.15, -0.1) is 0 Å². The fraction of sp³-hybridized carbons (Fsp3) is 0.308. The van der Waals surface area contributed by atoms with Crippen LogP contribution in [0, 0.1) is 10.1 Å². The van der Waals surface area contributed by atoms with Crippen LogP contribution in [-0.4, -0.2) is 15.4 Å². The zero-order valence-electron chi connectivity index (χ0n) is 11.1. The molecule has 0 aliphatic rings. The van der Waals surface area contributed by atoms with Crippen LogP contribution in [0.2, 0.25) is 5.15 Å². The van der Waals surface area contributed by atoms with Gasteiger partial charge in [0, 0.05) is 10.9 Å². The lowest BCUT2D eigenvalue weighted by atomic mass is 9.87. The first-order chi connectivity index (χ1) is 9.23. The van der Waals surface area contributed by atoms with Crippen LogP contribution in [0.5, 0.6) is 0 Å². The second kappa shape index (κ2) is 4.97. The molecule has 4 N–H and O–H groups in total. The van der Waals surface area contributed by atoms with Crippen molar-refractivity contribution in [3.05, 3.63) is 45.1 Å². The van der Waals surface area contributed by atoms with Crippen LogP contribution >= 0.6 is 11.6 Å². The van der Waals surface area contributed by atoms with Gasteiger partial charge in [-0.1, -0.05) is 29.8 Å². The Morgan fingerprint density at radius 2 is 2.00 bits per heavy atom. The first-order valence-electron chi connectivity index (χ1n) is 6.00. The number of aromatic nitrogens is 1. The molecule has 0 spiro atoms. The summed E-state index contributed by atoms with van der Waals surface area (Å²) >= 11 is 5.95. The van der Waals surface area contributed by atoms with E-state index in [1.807, 2.05) is 0 Å². The van der Waals surface area contributed by atoms with E-state index < -0.39 is 16.5 Å². The number of fused-ring (bicyclic) bond motifs is 1. The summed E-state index contributed by atoms with van der Waals surface area (Å²) in [7, 11) is 0. The first kappa shape index (κ1) is 14.6. The van der Waals surface area contributed by atoms with Crippen molar-refractivity contribution in [1.82, 2.24) is 4.98 Å². The third-order valence-corrected chi connectivity index (χ3v) is 3.42. The Kier molecular flexibility index (Phi) is 3.64. The zero-order valence-corrected chi connectivity index (χ0v) is 11.9. The molecule has 1 atom stereocenters. The zero-order chi connectivity index (χ0) is 15.1. The normalized spacial score (nSPS) is 13.4. The lowest BCUT2D eigenvalue weighted by Crippen LogP contribution is -2.44. The Labute approximate surface area is 120 Å². The van der Waals surface area contributed by atoms with E-state index in [1.165, 1.54) is 0 Å². The average molecular weight is 295 g/mol. The van der Waals surface area contributed by atoms with Crippen LogP contribution in [0.15, 0.2) is 24.3 Å². The van der Waals surface area contributed by atoms with E-state index in [-0.39, 0.29) is 10.8 Å². The minimum atomic E-state index is -0.835. The minimum absolute atomic E-state index is 0.177.